The van der Waals surface area contributed by atoms with E-state index in [9.17, 15) is 17.3 Å². The van der Waals surface area contributed by atoms with E-state index in [2.05, 4.69) is 23.1 Å². The largest absolute Gasteiger partial charge is 0.673 e. The Hall–Kier alpha value is -1.53. The standard InChI is InChI=1S/C8H10N2.BF4/c1-3-5-7-6-9-8(4-2)10-7;2-1(3,4)5/h3-4,6H,1-2,5H2,(H,9,10);/q;-1. The van der Waals surface area contributed by atoms with Crippen LogP contribution in [0.4, 0.5) is 17.3 Å². The van der Waals surface area contributed by atoms with Crippen molar-refractivity contribution >= 4 is 13.3 Å². The molecule has 1 aromatic rings. The van der Waals surface area contributed by atoms with Gasteiger partial charge in [-0.05, 0) is 6.08 Å². The Bertz CT molecular complexity index is 313. The quantitative estimate of drug-likeness (QED) is 0.474. The number of rotatable bonds is 3. The van der Waals surface area contributed by atoms with Crippen LogP contribution in [0.5, 0.6) is 0 Å². The van der Waals surface area contributed by atoms with E-state index in [4.69, 9.17) is 0 Å². The summed E-state index contributed by atoms with van der Waals surface area (Å²) < 4.78 is 39.0. The first-order valence-corrected chi connectivity index (χ1v) is 4.01. The summed E-state index contributed by atoms with van der Waals surface area (Å²) in [5.41, 5.74) is 1.00. The first kappa shape index (κ1) is 13.5. The van der Waals surface area contributed by atoms with E-state index in [0.717, 1.165) is 17.9 Å². The summed E-state index contributed by atoms with van der Waals surface area (Å²) in [6.45, 7) is 7.20. The van der Waals surface area contributed by atoms with Gasteiger partial charge in [-0.2, -0.15) is 0 Å². The summed E-state index contributed by atoms with van der Waals surface area (Å²) in [6, 6.07) is 0. The normalized spacial score (nSPS) is 10.1. The third-order valence-electron chi connectivity index (χ3n) is 1.20. The third-order valence-corrected chi connectivity index (χ3v) is 1.20. The van der Waals surface area contributed by atoms with E-state index in [-0.39, 0.29) is 0 Å². The Labute approximate surface area is 84.8 Å². The predicted octanol–water partition coefficient (Wildman–Crippen LogP) is 3.08. The molecular weight excluding hydrogens is 211 g/mol. The Morgan fingerprint density at radius 3 is 2.20 bits per heavy atom. The van der Waals surface area contributed by atoms with Crippen LogP contribution in [0.25, 0.3) is 6.08 Å². The molecule has 1 N–H and O–H groups in total. The molecule has 0 atom stereocenters. The van der Waals surface area contributed by atoms with Crippen LogP contribution in [0.1, 0.15) is 11.5 Å². The van der Waals surface area contributed by atoms with E-state index in [1.807, 2.05) is 12.3 Å². The van der Waals surface area contributed by atoms with Crippen molar-refractivity contribution in [3.63, 3.8) is 0 Å². The molecule has 0 unspecified atom stereocenters. The second kappa shape index (κ2) is 6.05. The Kier molecular flexibility index (Phi) is 5.44. The van der Waals surface area contributed by atoms with Gasteiger partial charge in [-0.3, -0.25) is 0 Å². The van der Waals surface area contributed by atoms with Crippen LogP contribution in [0.15, 0.2) is 25.4 Å². The van der Waals surface area contributed by atoms with Crippen LogP contribution < -0.4 is 0 Å². The molecule has 1 heterocycles. The summed E-state index contributed by atoms with van der Waals surface area (Å²) in [5.74, 6) is 0.817. The minimum atomic E-state index is -6.00. The molecule has 0 bridgehead atoms. The van der Waals surface area contributed by atoms with Crippen molar-refractivity contribution in [1.29, 1.82) is 0 Å². The molecule has 0 saturated heterocycles. The van der Waals surface area contributed by atoms with Crippen LogP contribution >= 0.6 is 0 Å². The number of nitrogens with zero attached hydrogens (tertiary/aromatic N) is 1. The fourth-order valence-electron chi connectivity index (χ4n) is 0.734. The number of aromatic amines is 1. The van der Waals surface area contributed by atoms with Crippen molar-refractivity contribution < 1.29 is 17.3 Å². The van der Waals surface area contributed by atoms with E-state index in [1.165, 1.54) is 0 Å². The van der Waals surface area contributed by atoms with E-state index < -0.39 is 7.25 Å². The highest BCUT2D eigenvalue weighted by molar-refractivity contribution is 6.50. The lowest BCUT2D eigenvalue weighted by atomic mass is 10.3. The number of imidazole rings is 1. The topological polar surface area (TPSA) is 28.7 Å². The molecule has 84 valence electrons. The minimum absolute atomic E-state index is 0.810. The highest BCUT2D eigenvalue weighted by Gasteiger charge is 2.20. The monoisotopic (exact) mass is 221 g/mol. The first-order valence-electron chi connectivity index (χ1n) is 4.01. The van der Waals surface area contributed by atoms with Gasteiger partial charge in [0.15, 0.2) is 0 Å². The fourth-order valence-corrected chi connectivity index (χ4v) is 0.734. The van der Waals surface area contributed by atoms with Gasteiger partial charge in [0.1, 0.15) is 5.82 Å². The van der Waals surface area contributed by atoms with Gasteiger partial charge in [0.05, 0.1) is 5.69 Å². The molecule has 0 aliphatic carbocycles. The number of hydrogen-bond acceptors (Lipinski definition) is 1. The van der Waals surface area contributed by atoms with Gasteiger partial charge in [-0.1, -0.05) is 12.7 Å². The van der Waals surface area contributed by atoms with Gasteiger partial charge >= 0.3 is 7.25 Å². The average Bonchev–Trinajstić information content (AvgIpc) is 2.50. The summed E-state index contributed by atoms with van der Waals surface area (Å²) >= 11 is 0. The highest BCUT2D eigenvalue weighted by Crippen LogP contribution is 2.06. The maximum Gasteiger partial charge on any atom is 0.673 e. The summed E-state index contributed by atoms with van der Waals surface area (Å²) in [7, 11) is -6.00. The minimum Gasteiger partial charge on any atom is -0.418 e. The van der Waals surface area contributed by atoms with Crippen molar-refractivity contribution in [1.82, 2.24) is 9.97 Å². The second-order valence-electron chi connectivity index (χ2n) is 2.47. The zero-order valence-electron chi connectivity index (χ0n) is 7.89. The molecule has 0 fully saturated rings. The number of allylic oxidation sites excluding steroid dienone is 1. The molecule has 0 aliphatic rings. The van der Waals surface area contributed by atoms with E-state index in [1.54, 1.807) is 6.08 Å². The summed E-state index contributed by atoms with van der Waals surface area (Å²) in [6.07, 6.45) is 6.18. The zero-order valence-corrected chi connectivity index (χ0v) is 7.89. The van der Waals surface area contributed by atoms with Crippen LogP contribution in [0.3, 0.4) is 0 Å². The maximum absolute atomic E-state index is 9.75. The smallest absolute Gasteiger partial charge is 0.418 e. The lowest BCUT2D eigenvalue weighted by molar-refractivity contribution is 0.368. The second-order valence-corrected chi connectivity index (χ2v) is 2.47. The molecule has 1 aromatic heterocycles. The number of aromatic nitrogens is 2. The number of halogens is 4. The Balaban J connectivity index is 0.000000336. The molecule has 1 rings (SSSR count). The molecule has 0 spiro atoms. The van der Waals surface area contributed by atoms with E-state index >= 15 is 0 Å². The van der Waals surface area contributed by atoms with Crippen molar-refractivity contribution in [2.75, 3.05) is 0 Å². The van der Waals surface area contributed by atoms with Gasteiger partial charge < -0.3 is 22.2 Å². The number of hydrogen-bond donors (Lipinski definition) is 1. The maximum atomic E-state index is 9.75. The Morgan fingerprint density at radius 1 is 1.33 bits per heavy atom. The van der Waals surface area contributed by atoms with Gasteiger partial charge in [0.2, 0.25) is 0 Å². The van der Waals surface area contributed by atoms with E-state index in [0.29, 0.717) is 0 Å². The molecule has 0 aliphatic heterocycles. The molecular formula is C8H10BF4N2-. The lowest BCUT2D eigenvalue weighted by Crippen LogP contribution is -2.02. The van der Waals surface area contributed by atoms with Gasteiger partial charge in [-0.15, -0.1) is 6.58 Å². The predicted molar refractivity (Wildman–Crippen MR) is 52.8 cm³/mol. The molecule has 0 saturated carbocycles. The Morgan fingerprint density at radius 2 is 1.87 bits per heavy atom. The van der Waals surface area contributed by atoms with Crippen molar-refractivity contribution in [2.24, 2.45) is 0 Å². The fraction of sp³-hybridized carbons (Fsp3) is 0.125. The van der Waals surface area contributed by atoms with Crippen LogP contribution in [-0.4, -0.2) is 17.2 Å². The average molecular weight is 221 g/mol. The van der Waals surface area contributed by atoms with Crippen molar-refractivity contribution in [3.8, 4) is 0 Å². The van der Waals surface area contributed by atoms with Gasteiger partial charge in [0.25, 0.3) is 0 Å². The lowest BCUT2D eigenvalue weighted by Gasteiger charge is -1.94. The third kappa shape index (κ3) is 8.80. The first-order chi connectivity index (χ1) is 6.86. The molecule has 0 amide bonds. The van der Waals surface area contributed by atoms with Crippen molar-refractivity contribution in [2.45, 2.75) is 6.42 Å². The van der Waals surface area contributed by atoms with Gasteiger partial charge in [0, 0.05) is 12.6 Å². The molecule has 2 nitrogen and oxygen atoms in total. The molecule has 15 heavy (non-hydrogen) atoms. The molecule has 0 aromatic carbocycles. The number of H-pyrrole nitrogens is 1. The van der Waals surface area contributed by atoms with Crippen LogP contribution in [0, 0.1) is 0 Å². The highest BCUT2D eigenvalue weighted by atomic mass is 19.5. The van der Waals surface area contributed by atoms with Crippen molar-refractivity contribution in [3.05, 3.63) is 36.9 Å². The number of nitrogens with one attached hydrogen (secondary N) is 1. The van der Waals surface area contributed by atoms with Crippen LogP contribution in [0.2, 0.25) is 0 Å². The van der Waals surface area contributed by atoms with Crippen LogP contribution in [-0.2, 0) is 6.42 Å². The summed E-state index contributed by atoms with van der Waals surface area (Å²) in [4.78, 5) is 7.14. The SMILES string of the molecule is C=CCc1c[nH]c(C=C)n1.F[B-](F)(F)F. The zero-order chi connectivity index (χ0) is 11.9. The molecule has 0 radical (unpaired) electrons. The summed E-state index contributed by atoms with van der Waals surface area (Å²) in [5, 5.41) is 0. The van der Waals surface area contributed by atoms with Gasteiger partial charge in [-0.25, -0.2) is 4.98 Å². The molecule has 7 heteroatoms.